The first kappa shape index (κ1) is 65.1. The fourth-order valence-corrected chi connectivity index (χ4v) is 10.4. The molecule has 4 bridgehead atoms. The van der Waals surface area contributed by atoms with Crippen LogP contribution in [0.15, 0.2) is 48.1 Å². The average molecular weight is 1130 g/mol. The Hall–Kier alpha value is -4.73. The van der Waals surface area contributed by atoms with Crippen LogP contribution in [0.25, 0.3) is 0 Å². The van der Waals surface area contributed by atoms with Crippen LogP contribution in [0, 0.1) is 5.92 Å². The van der Waals surface area contributed by atoms with E-state index >= 15 is 0 Å². The summed E-state index contributed by atoms with van der Waals surface area (Å²) < 4.78 is 57.5. The van der Waals surface area contributed by atoms with Crippen molar-refractivity contribution in [2.75, 3.05) is 86.1 Å². The molecule has 0 spiro atoms. The number of likely N-dealkylation sites (N-methyl/N-ethyl adjacent to an activating group) is 1. The fourth-order valence-electron chi connectivity index (χ4n) is 10.1. The Morgan fingerprint density at radius 2 is 1.56 bits per heavy atom. The molecule has 1 aliphatic carbocycles. The van der Waals surface area contributed by atoms with Gasteiger partial charge in [-0.3, -0.25) is 24.0 Å². The van der Waals surface area contributed by atoms with Crippen molar-refractivity contribution in [1.29, 1.82) is 0 Å². The fraction of sp³-hybridized carbons (Fsp3) is 0.695. The molecular formula is C59H87ClN2O17. The molecule has 1 unspecified atom stereocenters. The molecular weight excluding hydrogens is 1040 g/mol. The number of halogens is 1. The lowest BCUT2D eigenvalue weighted by Gasteiger charge is -2.41. The average Bonchev–Trinajstić information content (AvgIpc) is 4.34. The van der Waals surface area contributed by atoms with Gasteiger partial charge >= 0.3 is 17.9 Å². The highest BCUT2D eigenvalue weighted by Gasteiger charge is 2.64. The largest absolute Gasteiger partial charge is 0.495 e. The summed E-state index contributed by atoms with van der Waals surface area (Å²) >= 11 is 6.82. The smallest absolute Gasteiger partial charge is 0.328 e. The molecule has 1 aromatic carbocycles. The lowest BCUT2D eigenvalue weighted by atomic mass is 9.78. The molecule has 2 saturated heterocycles. The van der Waals surface area contributed by atoms with Gasteiger partial charge in [-0.2, -0.15) is 0 Å². The van der Waals surface area contributed by atoms with Gasteiger partial charge in [0, 0.05) is 65.8 Å². The number of epoxide rings is 1. The summed E-state index contributed by atoms with van der Waals surface area (Å²) in [7, 11) is 6.01. The summed E-state index contributed by atoms with van der Waals surface area (Å²) in [6.45, 7) is 10.00. The molecule has 3 aliphatic heterocycles. The molecule has 5 rings (SSSR count). The lowest BCUT2D eigenvalue weighted by Crippen LogP contribution is -2.53. The molecule has 442 valence electrons. The van der Waals surface area contributed by atoms with Crippen LogP contribution < -0.4 is 9.64 Å². The second kappa shape index (κ2) is 32.6. The minimum Gasteiger partial charge on any atom is -0.495 e. The van der Waals surface area contributed by atoms with Gasteiger partial charge in [-0.1, -0.05) is 54.5 Å². The maximum atomic E-state index is 14.3. The first-order chi connectivity index (χ1) is 37.8. The number of unbranched alkanes of at least 4 members (excludes halogenated alkanes) is 1. The van der Waals surface area contributed by atoms with E-state index in [1.807, 2.05) is 19.9 Å². The highest BCUT2D eigenvalue weighted by Crippen LogP contribution is 2.50. The second-order valence-electron chi connectivity index (χ2n) is 21.4. The number of rotatable bonds is 27. The molecule has 19 nitrogen and oxygen atoms in total. The Balaban J connectivity index is 1.03. The molecule has 1 aromatic rings. The molecule has 2 amide bonds. The molecule has 0 aromatic heterocycles. The Morgan fingerprint density at radius 1 is 0.886 bits per heavy atom. The van der Waals surface area contributed by atoms with Crippen LogP contribution in [0.2, 0.25) is 5.02 Å². The molecule has 9 atom stereocenters. The van der Waals surface area contributed by atoms with E-state index in [2.05, 4.69) is 12.2 Å². The molecule has 3 heterocycles. The van der Waals surface area contributed by atoms with Crippen molar-refractivity contribution in [3.63, 3.8) is 0 Å². The van der Waals surface area contributed by atoms with Crippen LogP contribution in [-0.2, 0) is 77.8 Å². The third kappa shape index (κ3) is 20.3. The number of nitrogens with zero attached hydrogens (tertiary/aromatic N) is 2. The van der Waals surface area contributed by atoms with E-state index in [9.17, 15) is 33.9 Å². The van der Waals surface area contributed by atoms with Crippen molar-refractivity contribution < 1.29 is 81.2 Å². The first-order valence-electron chi connectivity index (χ1n) is 28.0. The molecule has 4 aliphatic rings. The number of fused-ring (bicyclic) bond motifs is 5. The van der Waals surface area contributed by atoms with Gasteiger partial charge in [-0.05, 0) is 96.3 Å². The van der Waals surface area contributed by atoms with Crippen molar-refractivity contribution in [3.05, 3.63) is 58.7 Å². The van der Waals surface area contributed by atoms with Gasteiger partial charge in [0.2, 0.25) is 11.8 Å². The van der Waals surface area contributed by atoms with Gasteiger partial charge in [0.25, 0.3) is 0 Å². The normalized spacial score (nSPS) is 27.4. The molecule has 20 heteroatoms. The first-order valence-corrected chi connectivity index (χ1v) is 28.4. The van der Waals surface area contributed by atoms with Gasteiger partial charge in [0.05, 0.1) is 78.0 Å². The van der Waals surface area contributed by atoms with Crippen molar-refractivity contribution in [1.82, 2.24) is 4.90 Å². The van der Waals surface area contributed by atoms with E-state index in [4.69, 9.17) is 59.0 Å². The summed E-state index contributed by atoms with van der Waals surface area (Å²) in [6.07, 6.45) is 13.2. The number of hydrogen-bond acceptors (Lipinski definition) is 17. The summed E-state index contributed by atoms with van der Waals surface area (Å²) in [5, 5.41) is 12.2. The highest BCUT2D eigenvalue weighted by atomic mass is 35.5. The predicted molar refractivity (Wildman–Crippen MR) is 295 cm³/mol. The zero-order valence-electron chi connectivity index (χ0n) is 47.8. The van der Waals surface area contributed by atoms with Crippen molar-refractivity contribution in [2.45, 2.75) is 178 Å². The number of benzene rings is 1. The zero-order chi connectivity index (χ0) is 57.5. The van der Waals surface area contributed by atoms with E-state index in [0.717, 1.165) is 43.2 Å². The number of ketones is 1. The predicted octanol–water partition coefficient (Wildman–Crippen LogP) is 7.56. The van der Waals surface area contributed by atoms with E-state index in [0.29, 0.717) is 89.8 Å². The minimum atomic E-state index is -1.61. The van der Waals surface area contributed by atoms with E-state index in [-0.39, 0.29) is 73.9 Å². The van der Waals surface area contributed by atoms with Crippen LogP contribution in [0.5, 0.6) is 5.75 Å². The number of carbonyl (C=O) groups is 6. The number of esters is 3. The quantitative estimate of drug-likeness (QED) is 0.0295. The Morgan fingerprint density at radius 3 is 2.25 bits per heavy atom. The SMILES string of the molecule is COc1cc2cc(c1Cl)N(C)C(=O)C[C@H](OC(=O)[C@H](C)N(C)C(=O)CCCCC(=O)CCOCCOCCOCCOCCCC(=O)OC1CC/C=C/CCC1)[C@]1(C)O[C@H]1[C@H](C)[C@@H]1C[C@@](O)(CC(=O)O1)[C@H](OC)/C=C/C=C(\C)C2. The molecule has 79 heavy (non-hydrogen) atoms. The van der Waals surface area contributed by atoms with Gasteiger partial charge < -0.3 is 62.3 Å². The van der Waals surface area contributed by atoms with Crippen LogP contribution >= 0.6 is 11.6 Å². The van der Waals surface area contributed by atoms with Crippen LogP contribution in [-0.4, -0.2) is 174 Å². The van der Waals surface area contributed by atoms with Crippen LogP contribution in [0.1, 0.15) is 130 Å². The topological polar surface area (TPSA) is 225 Å². The monoisotopic (exact) mass is 1130 g/mol. The van der Waals surface area contributed by atoms with E-state index in [1.54, 1.807) is 38.3 Å². The van der Waals surface area contributed by atoms with Gasteiger partial charge in [-0.15, -0.1) is 0 Å². The minimum absolute atomic E-state index is 0.00605. The van der Waals surface area contributed by atoms with Gasteiger partial charge in [0.15, 0.2) is 0 Å². The number of methoxy groups -OCH3 is 2. The lowest BCUT2D eigenvalue weighted by molar-refractivity contribution is -0.187. The number of allylic oxidation sites excluding steroid dienone is 5. The number of Topliss-reactive ketones (excluding diaryl/α,β-unsaturated/α-hetero) is 1. The Kier molecular flexibility index (Phi) is 26.9. The third-order valence-corrected chi connectivity index (χ3v) is 15.6. The summed E-state index contributed by atoms with van der Waals surface area (Å²) in [5.41, 5.74) is -0.774. The van der Waals surface area contributed by atoms with Gasteiger partial charge in [-0.25, -0.2) is 4.79 Å². The second-order valence-corrected chi connectivity index (χ2v) is 21.7. The van der Waals surface area contributed by atoms with Crippen molar-refractivity contribution in [3.8, 4) is 5.75 Å². The van der Waals surface area contributed by atoms with Crippen molar-refractivity contribution >= 4 is 52.8 Å². The van der Waals surface area contributed by atoms with E-state index in [1.165, 1.54) is 38.0 Å². The molecule has 2 fully saturated rings. The molecule has 0 radical (unpaired) electrons. The number of amides is 2. The van der Waals surface area contributed by atoms with Crippen molar-refractivity contribution in [2.24, 2.45) is 5.92 Å². The zero-order valence-corrected chi connectivity index (χ0v) is 48.6. The maximum Gasteiger partial charge on any atom is 0.328 e. The number of carbonyl (C=O) groups excluding carboxylic acids is 6. The number of anilines is 1. The van der Waals surface area contributed by atoms with Gasteiger partial charge in [0.1, 0.15) is 58.2 Å². The van der Waals surface area contributed by atoms with Crippen LogP contribution in [0.4, 0.5) is 5.69 Å². The Labute approximate surface area is 471 Å². The molecule has 1 N–H and O–H groups in total. The number of hydrogen-bond donors (Lipinski definition) is 1. The number of aliphatic hydroxyl groups is 1. The summed E-state index contributed by atoms with van der Waals surface area (Å²) in [6, 6.07) is 2.52. The highest BCUT2D eigenvalue weighted by molar-refractivity contribution is 6.35. The van der Waals surface area contributed by atoms with E-state index < -0.39 is 65.4 Å². The van der Waals surface area contributed by atoms with Crippen LogP contribution in [0.3, 0.4) is 0 Å². The number of ether oxygens (including phenoxy) is 10. The maximum absolute atomic E-state index is 14.3. The Bertz CT molecular complexity index is 2270. The summed E-state index contributed by atoms with van der Waals surface area (Å²) in [4.78, 5) is 82.3. The summed E-state index contributed by atoms with van der Waals surface area (Å²) in [5.74, 6) is -2.50. The molecule has 0 saturated carbocycles. The standard InChI is InChI=1S/C59H87ClN2O17/c1-40-18-16-22-49(71-8)59(69)38-48(77-54(67)39-59)41(2)56-58(4,79-56)50(37-52(65)62(6)46-35-43(34-40)36-47(70-7)55(46)60)78-57(68)42(3)61(5)51(64)23-15-14-19-44(63)25-27-73-29-31-75-33-32-74-30-28-72-26-17-24-53(66)76-45-20-12-10-9-11-13-21-45/h9-10,16,18,22,35-36,41-42,45,48-50,56,69H,11-15,17,19-21,23-34,37-39H2,1-8H3/b10-9+,22-16+,40-18+/t41-,42+,45?,48+,49-,50+,56+,58+,59-/m1/s1. The third-order valence-electron chi connectivity index (χ3n) is 15.2.